The minimum absolute atomic E-state index is 0.472. The van der Waals surface area contributed by atoms with E-state index in [0.717, 1.165) is 6.29 Å². The van der Waals surface area contributed by atoms with Crippen LogP contribution in [0.25, 0.3) is 0 Å². The zero-order chi connectivity index (χ0) is 8.24. The molecule has 56 valence electrons. The van der Waals surface area contributed by atoms with E-state index in [1.807, 2.05) is 0 Å². The normalized spacial score (nSPS) is 6.00. The molecule has 0 aliphatic heterocycles. The molecule has 0 fully saturated rings. The second-order valence-corrected chi connectivity index (χ2v) is 1.18. The van der Waals surface area contributed by atoms with Crippen molar-refractivity contribution in [1.82, 2.24) is 5.32 Å². The van der Waals surface area contributed by atoms with E-state index >= 15 is 0 Å². The molecule has 0 saturated carbocycles. The summed E-state index contributed by atoms with van der Waals surface area (Å²) in [5.41, 5.74) is 0. The third-order valence-electron chi connectivity index (χ3n) is 0.449. The standard InChI is InChI=1S/C4H6O.C3H5NO/c1-2-3-4-5;1-2-4-3-5/h2,4H,1,3H2;2-3H,1H2,(H,4,5). The molecule has 3 heteroatoms. The molecule has 0 saturated heterocycles. The van der Waals surface area contributed by atoms with Crippen molar-refractivity contribution < 1.29 is 9.59 Å². The Labute approximate surface area is 60.4 Å². The van der Waals surface area contributed by atoms with Crippen molar-refractivity contribution in [3.05, 3.63) is 25.4 Å². The van der Waals surface area contributed by atoms with Gasteiger partial charge in [-0.3, -0.25) is 4.79 Å². The molecular formula is C7H11NO2. The molecule has 0 spiro atoms. The molecule has 0 aliphatic carbocycles. The van der Waals surface area contributed by atoms with Gasteiger partial charge in [0.05, 0.1) is 0 Å². The van der Waals surface area contributed by atoms with E-state index in [1.165, 1.54) is 6.20 Å². The summed E-state index contributed by atoms with van der Waals surface area (Å²) < 4.78 is 0. The fraction of sp³-hybridized carbons (Fsp3) is 0.143. The van der Waals surface area contributed by atoms with Crippen molar-refractivity contribution in [3.63, 3.8) is 0 Å². The Hall–Kier alpha value is -1.38. The van der Waals surface area contributed by atoms with Gasteiger partial charge >= 0.3 is 0 Å². The molecule has 0 aromatic carbocycles. The predicted molar refractivity (Wildman–Crippen MR) is 40.3 cm³/mol. The van der Waals surface area contributed by atoms with Gasteiger partial charge in [0.25, 0.3) is 0 Å². The smallest absolute Gasteiger partial charge is 0.211 e. The Bertz CT molecular complexity index is 84.2. The number of carbonyl (C=O) groups is 2. The van der Waals surface area contributed by atoms with Crippen molar-refractivity contribution in [2.75, 3.05) is 0 Å². The van der Waals surface area contributed by atoms with Crippen molar-refractivity contribution >= 4 is 12.7 Å². The highest BCUT2D eigenvalue weighted by atomic mass is 16.1. The van der Waals surface area contributed by atoms with Crippen LogP contribution in [0, 0.1) is 0 Å². The fourth-order valence-electron chi connectivity index (χ4n) is 0.116. The van der Waals surface area contributed by atoms with Crippen LogP contribution in [-0.4, -0.2) is 12.7 Å². The van der Waals surface area contributed by atoms with Gasteiger partial charge in [0, 0.05) is 6.42 Å². The lowest BCUT2D eigenvalue weighted by atomic mass is 10.5. The van der Waals surface area contributed by atoms with Gasteiger partial charge in [-0.25, -0.2) is 0 Å². The molecule has 0 rings (SSSR count). The quantitative estimate of drug-likeness (QED) is 0.461. The first-order valence-electron chi connectivity index (χ1n) is 2.68. The number of aldehydes is 1. The zero-order valence-electron chi connectivity index (χ0n) is 5.75. The number of amides is 1. The molecule has 10 heavy (non-hydrogen) atoms. The number of allylic oxidation sites excluding steroid dienone is 1. The maximum absolute atomic E-state index is 9.33. The van der Waals surface area contributed by atoms with Crippen molar-refractivity contribution in [2.45, 2.75) is 6.42 Å². The van der Waals surface area contributed by atoms with Crippen molar-refractivity contribution in [3.8, 4) is 0 Å². The molecule has 0 heterocycles. The SMILES string of the molecule is C=CCC=O.C=CNC=O. The van der Waals surface area contributed by atoms with Crippen LogP contribution in [0.2, 0.25) is 0 Å². The molecule has 0 aromatic heterocycles. The van der Waals surface area contributed by atoms with Crippen LogP contribution >= 0.6 is 0 Å². The lowest BCUT2D eigenvalue weighted by Gasteiger charge is -1.70. The van der Waals surface area contributed by atoms with Gasteiger partial charge in [-0.1, -0.05) is 12.7 Å². The number of nitrogens with one attached hydrogen (secondary N) is 1. The average molecular weight is 141 g/mol. The van der Waals surface area contributed by atoms with Gasteiger partial charge in [-0.05, 0) is 6.20 Å². The Morgan fingerprint density at radius 1 is 1.30 bits per heavy atom. The van der Waals surface area contributed by atoms with Crippen LogP contribution in [0.1, 0.15) is 6.42 Å². The summed E-state index contributed by atoms with van der Waals surface area (Å²) in [5, 5.41) is 2.19. The summed E-state index contributed by atoms with van der Waals surface area (Å²) in [5.74, 6) is 0. The van der Waals surface area contributed by atoms with Crippen LogP contribution in [-0.2, 0) is 9.59 Å². The third kappa shape index (κ3) is 30.5. The van der Waals surface area contributed by atoms with Crippen LogP contribution in [0.15, 0.2) is 25.4 Å². The Morgan fingerprint density at radius 2 is 1.90 bits per heavy atom. The monoisotopic (exact) mass is 141 g/mol. The zero-order valence-corrected chi connectivity index (χ0v) is 5.75. The lowest BCUT2D eigenvalue weighted by molar-refractivity contribution is -0.109. The van der Waals surface area contributed by atoms with E-state index in [-0.39, 0.29) is 0 Å². The van der Waals surface area contributed by atoms with E-state index in [4.69, 9.17) is 0 Å². The summed E-state index contributed by atoms with van der Waals surface area (Å²) in [7, 11) is 0. The summed E-state index contributed by atoms with van der Waals surface area (Å²) >= 11 is 0. The van der Waals surface area contributed by atoms with E-state index in [0.29, 0.717) is 12.8 Å². The number of carbonyl (C=O) groups excluding carboxylic acids is 2. The first kappa shape index (κ1) is 11.4. The molecule has 0 atom stereocenters. The molecule has 0 bridgehead atoms. The second kappa shape index (κ2) is 15.6. The lowest BCUT2D eigenvalue weighted by Crippen LogP contribution is -1.96. The fourth-order valence-corrected chi connectivity index (χ4v) is 0.116. The summed E-state index contributed by atoms with van der Waals surface area (Å²) in [6, 6.07) is 0. The molecule has 3 nitrogen and oxygen atoms in total. The molecule has 0 unspecified atom stereocenters. The largest absolute Gasteiger partial charge is 0.336 e. The second-order valence-electron chi connectivity index (χ2n) is 1.18. The van der Waals surface area contributed by atoms with Crippen molar-refractivity contribution in [1.29, 1.82) is 0 Å². The van der Waals surface area contributed by atoms with Crippen LogP contribution in [0.5, 0.6) is 0 Å². The van der Waals surface area contributed by atoms with Crippen LogP contribution in [0.3, 0.4) is 0 Å². The highest BCUT2D eigenvalue weighted by Crippen LogP contribution is 1.64. The number of rotatable bonds is 4. The summed E-state index contributed by atoms with van der Waals surface area (Å²) in [6.07, 6.45) is 4.72. The average Bonchev–Trinajstić information content (AvgIpc) is 1.93. The Kier molecular flexibility index (Phi) is 17.9. The third-order valence-corrected chi connectivity index (χ3v) is 0.449. The maximum Gasteiger partial charge on any atom is 0.211 e. The van der Waals surface area contributed by atoms with E-state index in [2.05, 4.69) is 18.5 Å². The minimum atomic E-state index is 0.472. The molecule has 0 aromatic rings. The Morgan fingerprint density at radius 3 is 1.90 bits per heavy atom. The van der Waals surface area contributed by atoms with E-state index < -0.39 is 0 Å². The molecule has 0 aliphatic rings. The number of hydrogen-bond acceptors (Lipinski definition) is 2. The molecule has 1 N–H and O–H groups in total. The Balaban J connectivity index is 0. The highest BCUT2D eigenvalue weighted by molar-refractivity contribution is 5.51. The summed E-state index contributed by atoms with van der Waals surface area (Å²) in [4.78, 5) is 18.6. The molecular weight excluding hydrogens is 130 g/mol. The van der Waals surface area contributed by atoms with Gasteiger partial charge in [0.15, 0.2) is 0 Å². The van der Waals surface area contributed by atoms with Gasteiger partial charge in [-0.2, -0.15) is 0 Å². The molecule has 0 radical (unpaired) electrons. The first-order valence-corrected chi connectivity index (χ1v) is 2.68. The molecule has 1 amide bonds. The van der Waals surface area contributed by atoms with Gasteiger partial charge in [-0.15, -0.1) is 6.58 Å². The van der Waals surface area contributed by atoms with Gasteiger partial charge in [0.1, 0.15) is 6.29 Å². The van der Waals surface area contributed by atoms with E-state index in [1.54, 1.807) is 6.08 Å². The highest BCUT2D eigenvalue weighted by Gasteiger charge is 1.59. The first-order chi connectivity index (χ1) is 4.83. The van der Waals surface area contributed by atoms with Gasteiger partial charge < -0.3 is 10.1 Å². The number of hydrogen-bond donors (Lipinski definition) is 1. The summed E-state index contributed by atoms with van der Waals surface area (Å²) in [6.45, 7) is 6.53. The van der Waals surface area contributed by atoms with Gasteiger partial charge in [0.2, 0.25) is 6.41 Å². The minimum Gasteiger partial charge on any atom is -0.336 e. The predicted octanol–water partition coefficient (Wildman–Crippen LogP) is 0.637. The maximum atomic E-state index is 9.33. The van der Waals surface area contributed by atoms with Crippen molar-refractivity contribution in [2.24, 2.45) is 0 Å². The van der Waals surface area contributed by atoms with Crippen LogP contribution < -0.4 is 5.32 Å². The topological polar surface area (TPSA) is 46.2 Å². The van der Waals surface area contributed by atoms with Crippen LogP contribution in [0.4, 0.5) is 0 Å². The van der Waals surface area contributed by atoms with E-state index in [9.17, 15) is 9.59 Å².